The molecule has 0 aliphatic rings. The molecule has 11 aromatic carbocycles. The number of nitrogens with zero attached hydrogens (tertiary/aromatic N) is 4. The molecular formula is C73H52N4. The van der Waals surface area contributed by atoms with Crippen molar-refractivity contribution in [3.63, 3.8) is 0 Å². The maximum absolute atomic E-state index is 9.05. The molecule has 0 fully saturated rings. The van der Waals surface area contributed by atoms with Gasteiger partial charge in [0.2, 0.25) is 0 Å². The second-order valence-electron chi connectivity index (χ2n) is 20.7. The van der Waals surface area contributed by atoms with Gasteiger partial charge in [-0.25, -0.2) is 9.69 Å². The number of benzene rings is 11. The summed E-state index contributed by atoms with van der Waals surface area (Å²) in [5.41, 5.74) is 25.4. The van der Waals surface area contributed by atoms with E-state index in [1.807, 2.05) is 25.1 Å². The molecule has 0 amide bonds. The van der Waals surface area contributed by atoms with E-state index in [-0.39, 0.29) is 0 Å². The van der Waals surface area contributed by atoms with Gasteiger partial charge in [-0.2, -0.15) is 0 Å². The normalized spacial score (nSPS) is 11.4. The van der Waals surface area contributed by atoms with Gasteiger partial charge in [0.15, 0.2) is 11.4 Å². The van der Waals surface area contributed by atoms with Crippen LogP contribution in [0.15, 0.2) is 224 Å². The first-order valence-electron chi connectivity index (χ1n) is 26.2. The van der Waals surface area contributed by atoms with Crippen molar-refractivity contribution in [3.05, 3.63) is 275 Å². The molecule has 0 N–H and O–H groups in total. The van der Waals surface area contributed by atoms with Gasteiger partial charge in [0, 0.05) is 38.4 Å². The maximum atomic E-state index is 9.05. The van der Waals surface area contributed by atoms with Crippen LogP contribution in [0.3, 0.4) is 0 Å². The first-order valence-corrected chi connectivity index (χ1v) is 26.2. The Morgan fingerprint density at radius 1 is 0.273 bits per heavy atom. The Kier molecular flexibility index (Phi) is 11.4. The Morgan fingerprint density at radius 2 is 0.610 bits per heavy atom. The molecule has 2 heterocycles. The number of aryl methyl sites for hydroxylation is 5. The van der Waals surface area contributed by atoms with E-state index in [1.165, 1.54) is 22.3 Å². The van der Waals surface area contributed by atoms with Crippen molar-refractivity contribution in [1.29, 1.82) is 0 Å². The minimum atomic E-state index is 0.514. The zero-order chi connectivity index (χ0) is 52.5. The molecule has 0 aliphatic heterocycles. The lowest BCUT2D eigenvalue weighted by Gasteiger charge is -2.23. The lowest BCUT2D eigenvalue weighted by molar-refractivity contribution is 1.16. The first kappa shape index (κ1) is 46.8. The van der Waals surface area contributed by atoms with Crippen molar-refractivity contribution in [3.8, 4) is 78.1 Å². The van der Waals surface area contributed by atoms with Crippen LogP contribution in [0.25, 0.3) is 131 Å². The van der Waals surface area contributed by atoms with Crippen LogP contribution in [0.2, 0.25) is 0 Å². The van der Waals surface area contributed by atoms with Gasteiger partial charge in [-0.1, -0.05) is 192 Å². The zero-order valence-electron chi connectivity index (χ0n) is 43.7. The minimum Gasteiger partial charge on any atom is -0.310 e. The molecule has 4 heteroatoms. The van der Waals surface area contributed by atoms with Crippen LogP contribution in [0, 0.1) is 47.8 Å². The monoisotopic (exact) mass is 984 g/mol. The quantitative estimate of drug-likeness (QED) is 0.135. The summed E-state index contributed by atoms with van der Waals surface area (Å²) in [7, 11) is 0. The summed E-state index contributed by atoms with van der Waals surface area (Å²) in [5, 5.41) is 4.48. The Morgan fingerprint density at radius 3 is 0.987 bits per heavy atom. The lowest BCUT2D eigenvalue weighted by atomic mass is 9.89. The third kappa shape index (κ3) is 8.07. The van der Waals surface area contributed by atoms with E-state index in [1.54, 1.807) is 0 Å². The SMILES string of the molecule is [C-]#[N+]c1cc(C)ccc1-c1cccc(-n2c3ccc(-c4cccc(C)c4)cc3c3cc(-c4cccc(C)c4)ccc32)c1-c1c([N+]#[C-])cccc1-n1c2ccc(-c3cccc(C)c3)cc2c2cc(-c3cccc(C)c3)ccc21. The number of hydrogen-bond donors (Lipinski definition) is 0. The number of aromatic nitrogens is 2. The summed E-state index contributed by atoms with van der Waals surface area (Å²) in [6.07, 6.45) is 0. The Hall–Kier alpha value is -10.0. The fourth-order valence-corrected chi connectivity index (χ4v) is 11.8. The van der Waals surface area contributed by atoms with Gasteiger partial charge in [0.1, 0.15) is 0 Å². The maximum Gasteiger partial charge on any atom is 0.197 e. The standard InChI is InChI=1S/C73H52N4/c1-45-14-8-18-50(36-45)54-27-32-66-60(41-54)61-42-55(51-19-9-15-46(2)37-51)28-33-67(61)76(66)70-24-12-22-59(58-31-26-49(5)40-65(58)75-7)72(70)73-64(74-6)23-13-25-71(73)77-68-34-29-56(52-20-10-16-47(3)38-52)43-62(68)63-44-57(30-35-69(63)77)53-21-11-17-48(4)39-53/h8-44H,1-5H3. The van der Waals surface area contributed by atoms with Crippen LogP contribution < -0.4 is 0 Å². The van der Waals surface area contributed by atoms with Crippen molar-refractivity contribution < 1.29 is 0 Å². The minimum absolute atomic E-state index is 0.514. The third-order valence-electron chi connectivity index (χ3n) is 15.4. The molecule has 0 spiro atoms. The summed E-state index contributed by atoms with van der Waals surface area (Å²) < 4.78 is 4.77. The van der Waals surface area contributed by atoms with Gasteiger partial charge in [-0.05, 0) is 151 Å². The average Bonchev–Trinajstić information content (AvgIpc) is 4.07. The highest BCUT2D eigenvalue weighted by Crippen LogP contribution is 2.50. The molecule has 0 unspecified atom stereocenters. The van der Waals surface area contributed by atoms with Gasteiger partial charge in [0.25, 0.3) is 0 Å². The van der Waals surface area contributed by atoms with Crippen molar-refractivity contribution in [2.75, 3.05) is 0 Å². The van der Waals surface area contributed by atoms with Crippen LogP contribution in [-0.4, -0.2) is 9.13 Å². The summed E-state index contributed by atoms with van der Waals surface area (Å²) in [4.78, 5) is 8.59. The summed E-state index contributed by atoms with van der Waals surface area (Å²) in [6, 6.07) is 80.9. The van der Waals surface area contributed by atoms with E-state index in [0.29, 0.717) is 11.4 Å². The van der Waals surface area contributed by atoms with Crippen molar-refractivity contribution in [2.45, 2.75) is 34.6 Å². The van der Waals surface area contributed by atoms with E-state index in [4.69, 9.17) is 13.1 Å². The van der Waals surface area contributed by atoms with E-state index < -0.39 is 0 Å². The smallest absolute Gasteiger partial charge is 0.197 e. The molecule has 13 rings (SSSR count). The first-order chi connectivity index (χ1) is 37.6. The Balaban J connectivity index is 1.15. The summed E-state index contributed by atoms with van der Waals surface area (Å²) >= 11 is 0. The molecule has 0 aliphatic carbocycles. The molecule has 0 bridgehead atoms. The topological polar surface area (TPSA) is 18.6 Å². The van der Waals surface area contributed by atoms with Crippen LogP contribution >= 0.6 is 0 Å². The van der Waals surface area contributed by atoms with Gasteiger partial charge in [-0.3, -0.25) is 0 Å². The second kappa shape index (κ2) is 18.7. The molecular weight excluding hydrogens is 933 g/mol. The highest BCUT2D eigenvalue weighted by atomic mass is 15.0. The molecule has 0 radical (unpaired) electrons. The van der Waals surface area contributed by atoms with E-state index in [0.717, 1.165) is 127 Å². The Bertz CT molecular complexity index is 4450. The van der Waals surface area contributed by atoms with Crippen LogP contribution in [0.5, 0.6) is 0 Å². The van der Waals surface area contributed by atoms with Gasteiger partial charge in [0.05, 0.1) is 40.9 Å². The molecule has 0 atom stereocenters. The predicted octanol–water partition coefficient (Wildman–Crippen LogP) is 20.5. The Labute approximate surface area is 449 Å². The predicted molar refractivity (Wildman–Crippen MR) is 324 cm³/mol. The molecule has 0 saturated heterocycles. The number of fused-ring (bicyclic) bond motifs is 6. The molecule has 4 nitrogen and oxygen atoms in total. The molecule has 0 saturated carbocycles. The van der Waals surface area contributed by atoms with Crippen molar-refractivity contribution in [1.82, 2.24) is 9.13 Å². The third-order valence-corrected chi connectivity index (χ3v) is 15.4. The molecule has 13 aromatic rings. The van der Waals surface area contributed by atoms with Gasteiger partial charge in [-0.15, -0.1) is 0 Å². The van der Waals surface area contributed by atoms with E-state index in [2.05, 4.69) is 253 Å². The molecule has 77 heavy (non-hydrogen) atoms. The van der Waals surface area contributed by atoms with Crippen molar-refractivity contribution >= 4 is 55.0 Å². The zero-order valence-corrected chi connectivity index (χ0v) is 43.7. The lowest BCUT2D eigenvalue weighted by Crippen LogP contribution is -2.03. The fraction of sp³-hybridized carbons (Fsp3) is 0.0685. The second-order valence-corrected chi connectivity index (χ2v) is 20.7. The van der Waals surface area contributed by atoms with Crippen LogP contribution in [0.1, 0.15) is 27.8 Å². The highest BCUT2D eigenvalue weighted by molar-refractivity contribution is 6.15. The summed E-state index contributed by atoms with van der Waals surface area (Å²) in [6.45, 7) is 28.2. The summed E-state index contributed by atoms with van der Waals surface area (Å²) in [5.74, 6) is 0. The van der Waals surface area contributed by atoms with Gasteiger partial charge < -0.3 is 9.13 Å². The van der Waals surface area contributed by atoms with E-state index in [9.17, 15) is 0 Å². The molecule has 364 valence electrons. The highest BCUT2D eigenvalue weighted by Gasteiger charge is 2.27. The van der Waals surface area contributed by atoms with Crippen LogP contribution in [-0.2, 0) is 0 Å². The fourth-order valence-electron chi connectivity index (χ4n) is 11.8. The van der Waals surface area contributed by atoms with Crippen LogP contribution in [0.4, 0.5) is 11.4 Å². The van der Waals surface area contributed by atoms with Crippen molar-refractivity contribution in [2.24, 2.45) is 0 Å². The molecule has 2 aromatic heterocycles. The number of hydrogen-bond acceptors (Lipinski definition) is 0. The van der Waals surface area contributed by atoms with E-state index >= 15 is 0 Å². The largest absolute Gasteiger partial charge is 0.310 e. The number of rotatable bonds is 8. The van der Waals surface area contributed by atoms with Gasteiger partial charge >= 0.3 is 0 Å². The average molecular weight is 985 g/mol.